The molecule has 31 heavy (non-hydrogen) atoms. The largest absolute Gasteiger partial charge is 0.490 e. The quantitative estimate of drug-likeness (QED) is 0.626. The molecule has 0 atom stereocenters. The van der Waals surface area contributed by atoms with Gasteiger partial charge in [0.2, 0.25) is 5.82 Å². The van der Waals surface area contributed by atoms with Crippen molar-refractivity contribution in [3.8, 4) is 34.7 Å². The maximum Gasteiger partial charge on any atom is 0.258 e. The standard InChI is InChI=1S/C21H19N3O2.C3H9NO/c1-13(2)25-19-10-9-15(11-16(19)12-22)21-23-20(24-26-21)18-8-4-6-14-5-3-7-17(14)18;1-4-2-3-5/h4,6,8-11,13H,3,5,7H2,1-2H3;4-5H,2-3H2,1H3. The molecule has 1 aromatic heterocycles. The Labute approximate surface area is 182 Å². The number of aryl methyl sites for hydroxylation is 1. The molecular formula is C24H28N4O3. The molecule has 1 aliphatic carbocycles. The summed E-state index contributed by atoms with van der Waals surface area (Å²) in [7, 11) is 1.80. The molecular weight excluding hydrogens is 392 g/mol. The van der Waals surface area contributed by atoms with E-state index < -0.39 is 0 Å². The first kappa shape index (κ1) is 22.5. The number of likely N-dealkylation sites (N-methyl/N-ethyl adjacent to an activating group) is 1. The first-order valence-electron chi connectivity index (χ1n) is 10.5. The first-order valence-corrected chi connectivity index (χ1v) is 10.5. The molecule has 0 amide bonds. The predicted molar refractivity (Wildman–Crippen MR) is 119 cm³/mol. The number of benzene rings is 2. The van der Waals surface area contributed by atoms with Crippen molar-refractivity contribution in [3.63, 3.8) is 0 Å². The number of ether oxygens (including phenoxy) is 1. The van der Waals surface area contributed by atoms with E-state index in [4.69, 9.17) is 14.4 Å². The Balaban J connectivity index is 0.000000491. The Morgan fingerprint density at radius 2 is 2.10 bits per heavy atom. The Kier molecular flexibility index (Phi) is 7.76. The molecule has 1 aliphatic rings. The Bertz CT molecular complexity index is 1050. The third kappa shape index (κ3) is 5.48. The van der Waals surface area contributed by atoms with Gasteiger partial charge in [0.1, 0.15) is 11.8 Å². The van der Waals surface area contributed by atoms with Gasteiger partial charge in [-0.05, 0) is 69.5 Å². The molecule has 1 heterocycles. The number of nitrogens with one attached hydrogen (secondary N) is 1. The molecule has 0 radical (unpaired) electrons. The SMILES string of the molecule is CC(C)Oc1ccc(-c2nc(-c3cccc4c3CCC4)no2)cc1C#N.CNCCO. The second kappa shape index (κ2) is 10.7. The van der Waals surface area contributed by atoms with Crippen molar-refractivity contribution >= 4 is 0 Å². The zero-order valence-corrected chi connectivity index (χ0v) is 18.2. The lowest BCUT2D eigenvalue weighted by atomic mass is 10.0. The van der Waals surface area contributed by atoms with E-state index in [1.807, 2.05) is 32.0 Å². The van der Waals surface area contributed by atoms with Gasteiger partial charge in [-0.3, -0.25) is 0 Å². The minimum Gasteiger partial charge on any atom is -0.490 e. The minimum absolute atomic E-state index is 0.00290. The van der Waals surface area contributed by atoms with Crippen LogP contribution in [0.2, 0.25) is 0 Å². The van der Waals surface area contributed by atoms with Crippen LogP contribution in [0.25, 0.3) is 22.8 Å². The predicted octanol–water partition coefficient (Wildman–Crippen LogP) is 3.75. The fourth-order valence-electron chi connectivity index (χ4n) is 3.50. The molecule has 2 aromatic carbocycles. The van der Waals surface area contributed by atoms with Crippen molar-refractivity contribution in [2.75, 3.05) is 20.2 Å². The molecule has 0 fully saturated rings. The van der Waals surface area contributed by atoms with Gasteiger partial charge in [-0.2, -0.15) is 10.2 Å². The molecule has 0 bridgehead atoms. The summed E-state index contributed by atoms with van der Waals surface area (Å²) in [5, 5.41) is 24.3. The second-order valence-corrected chi connectivity index (χ2v) is 7.54. The molecule has 4 rings (SSSR count). The number of aromatic nitrogens is 2. The van der Waals surface area contributed by atoms with E-state index in [-0.39, 0.29) is 12.7 Å². The average molecular weight is 421 g/mol. The van der Waals surface area contributed by atoms with Crippen LogP contribution in [0.4, 0.5) is 0 Å². The maximum atomic E-state index is 9.40. The van der Waals surface area contributed by atoms with Gasteiger partial charge in [-0.1, -0.05) is 23.4 Å². The molecule has 0 unspecified atom stereocenters. The summed E-state index contributed by atoms with van der Waals surface area (Å²) in [5.41, 5.74) is 4.89. The number of nitriles is 1. The van der Waals surface area contributed by atoms with Gasteiger partial charge in [0.25, 0.3) is 5.89 Å². The van der Waals surface area contributed by atoms with Crippen LogP contribution in [0.3, 0.4) is 0 Å². The van der Waals surface area contributed by atoms with Crippen LogP contribution in [0, 0.1) is 11.3 Å². The van der Waals surface area contributed by atoms with Crippen molar-refractivity contribution in [2.45, 2.75) is 39.2 Å². The minimum atomic E-state index is 0.00290. The first-order chi connectivity index (χ1) is 15.1. The van der Waals surface area contributed by atoms with E-state index in [2.05, 4.69) is 27.6 Å². The van der Waals surface area contributed by atoms with Gasteiger partial charge >= 0.3 is 0 Å². The topological polar surface area (TPSA) is 104 Å². The van der Waals surface area contributed by atoms with Crippen molar-refractivity contribution in [2.24, 2.45) is 0 Å². The number of rotatable bonds is 6. The molecule has 7 nitrogen and oxygen atoms in total. The number of hydrogen-bond donors (Lipinski definition) is 2. The number of hydrogen-bond acceptors (Lipinski definition) is 7. The third-order valence-corrected chi connectivity index (χ3v) is 4.88. The highest BCUT2D eigenvalue weighted by atomic mass is 16.5. The lowest BCUT2D eigenvalue weighted by Crippen LogP contribution is -2.10. The summed E-state index contributed by atoms with van der Waals surface area (Å²) < 4.78 is 11.1. The summed E-state index contributed by atoms with van der Waals surface area (Å²) >= 11 is 0. The summed E-state index contributed by atoms with van der Waals surface area (Å²) in [5.74, 6) is 1.56. The van der Waals surface area contributed by atoms with E-state index in [1.54, 1.807) is 19.2 Å². The van der Waals surface area contributed by atoms with Crippen LogP contribution in [0.5, 0.6) is 5.75 Å². The molecule has 0 aliphatic heterocycles. The molecule has 3 aromatic rings. The van der Waals surface area contributed by atoms with Crippen LogP contribution < -0.4 is 10.1 Å². The smallest absolute Gasteiger partial charge is 0.258 e. The lowest BCUT2D eigenvalue weighted by molar-refractivity contribution is 0.241. The molecule has 162 valence electrons. The van der Waals surface area contributed by atoms with Gasteiger partial charge in [-0.15, -0.1) is 0 Å². The lowest BCUT2D eigenvalue weighted by Gasteiger charge is -2.11. The van der Waals surface area contributed by atoms with Gasteiger partial charge in [0.05, 0.1) is 18.3 Å². The van der Waals surface area contributed by atoms with Crippen molar-refractivity contribution in [3.05, 3.63) is 53.1 Å². The van der Waals surface area contributed by atoms with Gasteiger partial charge < -0.3 is 19.7 Å². The number of fused-ring (bicyclic) bond motifs is 1. The summed E-state index contributed by atoms with van der Waals surface area (Å²) in [6.45, 7) is 4.78. The van der Waals surface area contributed by atoms with E-state index in [1.165, 1.54) is 17.5 Å². The fourth-order valence-corrected chi connectivity index (χ4v) is 3.50. The van der Waals surface area contributed by atoms with Gasteiger partial charge in [0, 0.05) is 17.7 Å². The number of aliphatic hydroxyl groups is 1. The second-order valence-electron chi connectivity index (χ2n) is 7.54. The van der Waals surface area contributed by atoms with Gasteiger partial charge in [-0.25, -0.2) is 0 Å². The summed E-state index contributed by atoms with van der Waals surface area (Å²) in [4.78, 5) is 4.57. The number of aliphatic hydroxyl groups excluding tert-OH is 1. The van der Waals surface area contributed by atoms with Gasteiger partial charge in [0.15, 0.2) is 0 Å². The van der Waals surface area contributed by atoms with Crippen molar-refractivity contribution in [1.82, 2.24) is 15.5 Å². The van der Waals surface area contributed by atoms with Crippen LogP contribution >= 0.6 is 0 Å². The van der Waals surface area contributed by atoms with Crippen LogP contribution in [-0.2, 0) is 12.8 Å². The monoisotopic (exact) mass is 420 g/mol. The normalized spacial score (nSPS) is 12.1. The summed E-state index contributed by atoms with van der Waals surface area (Å²) in [6, 6.07) is 13.8. The zero-order chi connectivity index (χ0) is 22.2. The van der Waals surface area contributed by atoms with E-state index in [0.29, 0.717) is 35.1 Å². The molecule has 0 spiro atoms. The van der Waals surface area contributed by atoms with E-state index in [9.17, 15) is 5.26 Å². The zero-order valence-electron chi connectivity index (χ0n) is 18.2. The van der Waals surface area contributed by atoms with Crippen molar-refractivity contribution in [1.29, 1.82) is 5.26 Å². The van der Waals surface area contributed by atoms with E-state index in [0.717, 1.165) is 18.4 Å². The molecule has 7 heteroatoms. The third-order valence-electron chi connectivity index (χ3n) is 4.88. The molecule has 0 saturated heterocycles. The highest BCUT2D eigenvalue weighted by Crippen LogP contribution is 2.32. The summed E-state index contributed by atoms with van der Waals surface area (Å²) in [6.07, 6.45) is 3.33. The fraction of sp³-hybridized carbons (Fsp3) is 0.375. The average Bonchev–Trinajstić information content (AvgIpc) is 3.44. The molecule has 2 N–H and O–H groups in total. The van der Waals surface area contributed by atoms with Crippen LogP contribution in [-0.4, -0.2) is 41.6 Å². The highest BCUT2D eigenvalue weighted by Gasteiger charge is 2.19. The highest BCUT2D eigenvalue weighted by molar-refractivity contribution is 5.66. The van der Waals surface area contributed by atoms with E-state index >= 15 is 0 Å². The van der Waals surface area contributed by atoms with Crippen LogP contribution in [0.15, 0.2) is 40.9 Å². The Morgan fingerprint density at radius 3 is 2.77 bits per heavy atom. The Morgan fingerprint density at radius 1 is 1.26 bits per heavy atom. The number of nitrogens with zero attached hydrogens (tertiary/aromatic N) is 3. The van der Waals surface area contributed by atoms with Crippen LogP contribution in [0.1, 0.15) is 37.0 Å². The van der Waals surface area contributed by atoms with Crippen molar-refractivity contribution < 1.29 is 14.4 Å². The Hall–Kier alpha value is -3.21. The molecule has 0 saturated carbocycles. The maximum absolute atomic E-state index is 9.40.